The highest BCUT2D eigenvalue weighted by Crippen LogP contribution is 2.27. The Morgan fingerprint density at radius 2 is 2.00 bits per heavy atom. The van der Waals surface area contributed by atoms with Crippen molar-refractivity contribution in [3.8, 4) is 0 Å². The van der Waals surface area contributed by atoms with Crippen LogP contribution in [0.25, 0.3) is 0 Å². The molecule has 2 heterocycles. The minimum Gasteiger partial charge on any atom is -0.342 e. The van der Waals surface area contributed by atoms with Crippen LogP contribution in [-0.2, 0) is 11.3 Å². The molecule has 12 heteroatoms. The van der Waals surface area contributed by atoms with E-state index < -0.39 is 6.04 Å². The summed E-state index contributed by atoms with van der Waals surface area (Å²) < 4.78 is 1.90. The Morgan fingerprint density at radius 3 is 2.61 bits per heavy atom. The van der Waals surface area contributed by atoms with Gasteiger partial charge < -0.3 is 15.2 Å². The molecular weight excluding hydrogens is 503 g/mol. The van der Waals surface area contributed by atoms with E-state index in [2.05, 4.69) is 25.8 Å². The molecule has 0 aliphatic carbocycles. The van der Waals surface area contributed by atoms with Crippen molar-refractivity contribution in [2.75, 3.05) is 11.1 Å². The molecule has 2 amide bonds. The van der Waals surface area contributed by atoms with E-state index in [0.717, 1.165) is 4.88 Å². The minimum absolute atomic E-state index is 0.0313. The third-order valence-corrected chi connectivity index (χ3v) is 7.01. The van der Waals surface area contributed by atoms with Crippen molar-refractivity contribution >= 4 is 63.2 Å². The number of aromatic nitrogens is 4. The van der Waals surface area contributed by atoms with E-state index in [9.17, 15) is 9.59 Å². The highest BCUT2D eigenvalue weighted by Gasteiger charge is 2.27. The van der Waals surface area contributed by atoms with Crippen LogP contribution >= 0.6 is 46.3 Å². The first-order valence-corrected chi connectivity index (χ1v) is 12.8. The fourth-order valence-electron chi connectivity index (χ4n) is 3.05. The van der Waals surface area contributed by atoms with E-state index in [-0.39, 0.29) is 28.5 Å². The van der Waals surface area contributed by atoms with E-state index in [1.165, 1.54) is 29.2 Å². The van der Waals surface area contributed by atoms with E-state index in [1.54, 1.807) is 18.3 Å². The van der Waals surface area contributed by atoms with Crippen LogP contribution in [0.4, 0.5) is 5.13 Å². The van der Waals surface area contributed by atoms with Crippen LogP contribution in [0.3, 0.4) is 0 Å². The summed E-state index contributed by atoms with van der Waals surface area (Å²) in [7, 11) is 0. The van der Waals surface area contributed by atoms with E-state index in [1.807, 2.05) is 32.3 Å². The number of anilines is 1. The predicted molar refractivity (Wildman–Crippen MR) is 133 cm³/mol. The molecule has 3 rings (SSSR count). The molecule has 2 aromatic heterocycles. The van der Waals surface area contributed by atoms with Gasteiger partial charge in [0.1, 0.15) is 0 Å². The standard InChI is InChI=1S/C21H24Cl2N6O2S2/c1-5-29-18(17(11(2)3)26-19(31)14-7-6-13(22)8-15(14)23)27-28-21(29)32-10-16(30)25-20-24-9-12(4)33-20/h6-9,11,17H,5,10H2,1-4H3,(H,26,31)(H,24,25,30)/t17-/m0/s1. The molecule has 2 N–H and O–H groups in total. The van der Waals surface area contributed by atoms with Gasteiger partial charge in [0.15, 0.2) is 16.1 Å². The van der Waals surface area contributed by atoms with Crippen molar-refractivity contribution in [2.24, 2.45) is 5.92 Å². The number of hydrogen-bond donors (Lipinski definition) is 2. The number of thiazole rings is 1. The summed E-state index contributed by atoms with van der Waals surface area (Å²) in [5.74, 6) is 0.310. The number of rotatable bonds is 9. The molecule has 176 valence electrons. The van der Waals surface area contributed by atoms with Crippen LogP contribution in [-0.4, -0.2) is 37.3 Å². The first-order chi connectivity index (χ1) is 15.7. The Balaban J connectivity index is 1.73. The molecule has 0 aliphatic heterocycles. The fraction of sp³-hybridized carbons (Fsp3) is 0.381. The van der Waals surface area contributed by atoms with E-state index in [0.29, 0.717) is 33.2 Å². The Kier molecular flexibility index (Phi) is 8.75. The summed E-state index contributed by atoms with van der Waals surface area (Å²) in [5.41, 5.74) is 0.331. The van der Waals surface area contributed by atoms with Gasteiger partial charge in [0.2, 0.25) is 5.91 Å². The fourth-order valence-corrected chi connectivity index (χ4v) is 5.04. The maximum atomic E-state index is 12.9. The number of benzene rings is 1. The highest BCUT2D eigenvalue weighted by molar-refractivity contribution is 7.99. The summed E-state index contributed by atoms with van der Waals surface area (Å²) in [5, 5.41) is 16.3. The predicted octanol–water partition coefficient (Wildman–Crippen LogP) is 5.23. The number of hydrogen-bond acceptors (Lipinski definition) is 7. The highest BCUT2D eigenvalue weighted by atomic mass is 35.5. The zero-order chi connectivity index (χ0) is 24.1. The molecule has 0 radical (unpaired) electrons. The van der Waals surface area contributed by atoms with Crippen LogP contribution in [0.15, 0.2) is 29.6 Å². The smallest absolute Gasteiger partial charge is 0.253 e. The Bertz CT molecular complexity index is 1150. The van der Waals surface area contributed by atoms with Crippen LogP contribution in [0.2, 0.25) is 10.0 Å². The summed E-state index contributed by atoms with van der Waals surface area (Å²) >= 11 is 14.8. The number of nitrogens with one attached hydrogen (secondary N) is 2. The lowest BCUT2D eigenvalue weighted by atomic mass is 10.0. The van der Waals surface area contributed by atoms with Gasteiger partial charge in [-0.1, -0.05) is 48.8 Å². The van der Waals surface area contributed by atoms with Crippen molar-refractivity contribution in [2.45, 2.75) is 45.4 Å². The van der Waals surface area contributed by atoms with Gasteiger partial charge in [0.05, 0.1) is 22.4 Å². The van der Waals surface area contributed by atoms with Gasteiger partial charge in [0.25, 0.3) is 5.91 Å². The topological polar surface area (TPSA) is 102 Å². The Morgan fingerprint density at radius 1 is 1.24 bits per heavy atom. The molecule has 1 aromatic carbocycles. The van der Waals surface area contributed by atoms with Gasteiger partial charge in [-0.2, -0.15) is 0 Å². The third-order valence-electron chi connectivity index (χ3n) is 4.67. The number of halogens is 2. The second-order valence-corrected chi connectivity index (χ2v) is 10.5. The molecule has 0 bridgehead atoms. The van der Waals surface area contributed by atoms with Crippen molar-refractivity contribution < 1.29 is 9.59 Å². The third kappa shape index (κ3) is 6.47. The van der Waals surface area contributed by atoms with Crippen molar-refractivity contribution in [3.63, 3.8) is 0 Å². The molecule has 0 saturated heterocycles. The average molecular weight is 528 g/mol. The van der Waals surface area contributed by atoms with Crippen molar-refractivity contribution in [3.05, 3.63) is 50.7 Å². The largest absolute Gasteiger partial charge is 0.342 e. The Labute approximate surface area is 210 Å². The average Bonchev–Trinajstić information content (AvgIpc) is 3.35. The number of carbonyl (C=O) groups excluding carboxylic acids is 2. The number of nitrogens with zero attached hydrogens (tertiary/aromatic N) is 4. The maximum Gasteiger partial charge on any atom is 0.253 e. The van der Waals surface area contributed by atoms with Crippen LogP contribution in [0.1, 0.15) is 47.9 Å². The summed E-state index contributed by atoms with van der Waals surface area (Å²) in [6.07, 6.45) is 1.71. The van der Waals surface area contributed by atoms with Gasteiger partial charge in [0, 0.05) is 22.6 Å². The van der Waals surface area contributed by atoms with Gasteiger partial charge in [-0.15, -0.1) is 21.5 Å². The summed E-state index contributed by atoms with van der Waals surface area (Å²) in [4.78, 5) is 30.4. The number of carbonyl (C=O) groups is 2. The molecular formula is C21H24Cl2N6O2S2. The molecule has 3 aromatic rings. The normalized spacial score (nSPS) is 12.1. The lowest BCUT2D eigenvalue weighted by Crippen LogP contribution is -2.34. The number of aryl methyl sites for hydroxylation is 1. The molecule has 0 unspecified atom stereocenters. The zero-order valence-electron chi connectivity index (χ0n) is 18.6. The molecule has 33 heavy (non-hydrogen) atoms. The zero-order valence-corrected chi connectivity index (χ0v) is 21.7. The lowest BCUT2D eigenvalue weighted by molar-refractivity contribution is -0.113. The number of thioether (sulfide) groups is 1. The summed E-state index contributed by atoms with van der Waals surface area (Å²) in [6.45, 7) is 8.44. The second-order valence-electron chi connectivity index (χ2n) is 7.52. The second kappa shape index (κ2) is 11.3. The van der Waals surface area contributed by atoms with Gasteiger partial charge in [-0.25, -0.2) is 4.98 Å². The minimum atomic E-state index is -0.404. The molecule has 0 saturated carbocycles. The molecule has 0 spiro atoms. The van der Waals surface area contributed by atoms with Gasteiger partial charge in [-0.05, 0) is 38.0 Å². The van der Waals surface area contributed by atoms with Crippen molar-refractivity contribution in [1.29, 1.82) is 0 Å². The number of amides is 2. The monoisotopic (exact) mass is 526 g/mol. The lowest BCUT2D eigenvalue weighted by Gasteiger charge is -2.22. The maximum absolute atomic E-state index is 12.9. The molecule has 0 fully saturated rings. The van der Waals surface area contributed by atoms with E-state index >= 15 is 0 Å². The van der Waals surface area contributed by atoms with Crippen LogP contribution < -0.4 is 10.6 Å². The summed E-state index contributed by atoms with van der Waals surface area (Å²) in [6, 6.07) is 4.34. The quantitative estimate of drug-likeness (QED) is 0.370. The van der Waals surface area contributed by atoms with Gasteiger partial charge in [-0.3, -0.25) is 9.59 Å². The van der Waals surface area contributed by atoms with Gasteiger partial charge >= 0.3 is 0 Å². The molecule has 8 nitrogen and oxygen atoms in total. The SMILES string of the molecule is CCn1c(SCC(=O)Nc2ncc(C)s2)nnc1[C@@H](NC(=O)c1ccc(Cl)cc1Cl)C(C)C. The first kappa shape index (κ1) is 25.5. The first-order valence-electron chi connectivity index (χ1n) is 10.2. The van der Waals surface area contributed by atoms with Crippen LogP contribution in [0, 0.1) is 12.8 Å². The Hall–Kier alpha value is -2.14. The molecule has 0 aliphatic rings. The van der Waals surface area contributed by atoms with Crippen molar-refractivity contribution in [1.82, 2.24) is 25.1 Å². The van der Waals surface area contributed by atoms with E-state index in [4.69, 9.17) is 23.2 Å². The molecule has 1 atom stereocenters. The van der Waals surface area contributed by atoms with Crippen LogP contribution in [0.5, 0.6) is 0 Å².